The number of methoxy groups -OCH3 is 1. The molecule has 2 rings (SSSR count). The number of hydrogen-bond donors (Lipinski definition) is 2. The summed E-state index contributed by atoms with van der Waals surface area (Å²) in [7, 11) is 1.49. The minimum absolute atomic E-state index is 0.0552. The lowest BCUT2D eigenvalue weighted by atomic mass is 10.2. The highest BCUT2D eigenvalue weighted by molar-refractivity contribution is 5.91. The van der Waals surface area contributed by atoms with Crippen molar-refractivity contribution in [2.24, 2.45) is 0 Å². The lowest BCUT2D eigenvalue weighted by molar-refractivity contribution is -0.119. The van der Waals surface area contributed by atoms with E-state index < -0.39 is 0 Å². The summed E-state index contributed by atoms with van der Waals surface area (Å²) in [5, 5.41) is 6.01. The smallest absolute Gasteiger partial charge is 0.250 e. The van der Waals surface area contributed by atoms with Gasteiger partial charge in [-0.3, -0.25) is 9.78 Å². The van der Waals surface area contributed by atoms with Crippen molar-refractivity contribution in [1.29, 1.82) is 0 Å². The summed E-state index contributed by atoms with van der Waals surface area (Å²) in [5.74, 6) is -0.165. The molecule has 0 aliphatic carbocycles. The van der Waals surface area contributed by atoms with Gasteiger partial charge in [0.1, 0.15) is 6.61 Å². The number of carbonyl (C=O) groups is 1. The number of anilines is 2. The van der Waals surface area contributed by atoms with Gasteiger partial charge in [0.2, 0.25) is 5.91 Å². The zero-order valence-corrected chi connectivity index (χ0v) is 11.3. The van der Waals surface area contributed by atoms with E-state index in [1.807, 2.05) is 42.5 Å². The van der Waals surface area contributed by atoms with Crippen LogP contribution >= 0.6 is 0 Å². The molecule has 2 aromatic rings. The predicted molar refractivity (Wildman–Crippen MR) is 78.5 cm³/mol. The van der Waals surface area contributed by atoms with Gasteiger partial charge in [0.25, 0.3) is 0 Å². The number of aromatic nitrogens is 1. The monoisotopic (exact) mass is 271 g/mol. The van der Waals surface area contributed by atoms with Crippen molar-refractivity contribution in [3.63, 3.8) is 0 Å². The van der Waals surface area contributed by atoms with Crippen LogP contribution in [-0.2, 0) is 16.1 Å². The van der Waals surface area contributed by atoms with E-state index in [1.54, 1.807) is 6.20 Å². The molecule has 0 saturated carbocycles. The van der Waals surface area contributed by atoms with Gasteiger partial charge in [0.15, 0.2) is 0 Å². The second kappa shape index (κ2) is 7.25. The van der Waals surface area contributed by atoms with Gasteiger partial charge in [-0.15, -0.1) is 0 Å². The van der Waals surface area contributed by atoms with Gasteiger partial charge in [-0.05, 0) is 36.4 Å². The average molecular weight is 271 g/mol. The first-order valence-electron chi connectivity index (χ1n) is 6.30. The molecule has 20 heavy (non-hydrogen) atoms. The van der Waals surface area contributed by atoms with E-state index in [0.717, 1.165) is 17.1 Å². The lowest BCUT2D eigenvalue weighted by Gasteiger charge is -2.08. The summed E-state index contributed by atoms with van der Waals surface area (Å²) in [4.78, 5) is 15.6. The van der Waals surface area contributed by atoms with Crippen molar-refractivity contribution in [2.45, 2.75) is 6.54 Å². The maximum atomic E-state index is 11.3. The number of rotatable bonds is 6. The quantitative estimate of drug-likeness (QED) is 0.846. The molecule has 0 aliphatic rings. The molecule has 0 spiro atoms. The fourth-order valence-corrected chi connectivity index (χ4v) is 1.69. The molecule has 5 heteroatoms. The largest absolute Gasteiger partial charge is 0.379 e. The van der Waals surface area contributed by atoms with Crippen LogP contribution < -0.4 is 10.6 Å². The molecular formula is C15H17N3O2. The van der Waals surface area contributed by atoms with Crippen LogP contribution in [0.15, 0.2) is 48.7 Å². The highest BCUT2D eigenvalue weighted by atomic mass is 16.5. The highest BCUT2D eigenvalue weighted by Gasteiger charge is 2.01. The first kappa shape index (κ1) is 14.0. The highest BCUT2D eigenvalue weighted by Crippen LogP contribution is 2.14. The zero-order valence-electron chi connectivity index (χ0n) is 11.3. The molecule has 0 atom stereocenters. The van der Waals surface area contributed by atoms with E-state index in [2.05, 4.69) is 15.6 Å². The van der Waals surface area contributed by atoms with Crippen LogP contribution in [0.4, 0.5) is 11.4 Å². The van der Waals surface area contributed by atoms with Crippen molar-refractivity contribution in [3.8, 4) is 0 Å². The third kappa shape index (κ3) is 4.37. The number of pyridine rings is 1. The first-order chi connectivity index (χ1) is 9.78. The molecule has 1 aromatic heterocycles. The van der Waals surface area contributed by atoms with E-state index in [0.29, 0.717) is 6.54 Å². The van der Waals surface area contributed by atoms with Crippen LogP contribution in [0.1, 0.15) is 5.69 Å². The third-order valence-electron chi connectivity index (χ3n) is 2.64. The summed E-state index contributed by atoms with van der Waals surface area (Å²) in [6.45, 7) is 0.718. The van der Waals surface area contributed by atoms with Crippen molar-refractivity contribution in [1.82, 2.24) is 4.98 Å². The molecule has 0 unspecified atom stereocenters. The Morgan fingerprint density at radius 2 is 1.90 bits per heavy atom. The van der Waals surface area contributed by atoms with Crippen LogP contribution in [0.25, 0.3) is 0 Å². The van der Waals surface area contributed by atoms with Crippen molar-refractivity contribution in [3.05, 3.63) is 54.4 Å². The number of nitrogens with one attached hydrogen (secondary N) is 2. The van der Waals surface area contributed by atoms with Gasteiger partial charge in [-0.1, -0.05) is 6.07 Å². The van der Waals surface area contributed by atoms with E-state index in [9.17, 15) is 4.79 Å². The van der Waals surface area contributed by atoms with Crippen molar-refractivity contribution < 1.29 is 9.53 Å². The number of benzene rings is 1. The molecule has 5 nitrogen and oxygen atoms in total. The number of ether oxygens (including phenoxy) is 1. The summed E-state index contributed by atoms with van der Waals surface area (Å²) < 4.78 is 4.76. The second-order valence-corrected chi connectivity index (χ2v) is 4.23. The summed E-state index contributed by atoms with van der Waals surface area (Å²) in [6.07, 6.45) is 1.77. The Bertz CT molecular complexity index is 541. The number of nitrogens with zero attached hydrogens (tertiary/aromatic N) is 1. The van der Waals surface area contributed by atoms with E-state index in [4.69, 9.17) is 4.74 Å². The van der Waals surface area contributed by atoms with Crippen LogP contribution in [-0.4, -0.2) is 24.6 Å². The molecule has 0 fully saturated rings. The van der Waals surface area contributed by atoms with Gasteiger partial charge in [-0.2, -0.15) is 0 Å². The fourth-order valence-electron chi connectivity index (χ4n) is 1.69. The zero-order chi connectivity index (χ0) is 14.2. The van der Waals surface area contributed by atoms with Crippen molar-refractivity contribution in [2.75, 3.05) is 24.4 Å². The Kier molecular flexibility index (Phi) is 5.08. The predicted octanol–water partition coefficient (Wildman–Crippen LogP) is 2.28. The molecule has 0 radical (unpaired) electrons. The molecular weight excluding hydrogens is 254 g/mol. The molecule has 0 aliphatic heterocycles. The van der Waals surface area contributed by atoms with Crippen molar-refractivity contribution >= 4 is 17.3 Å². The molecule has 1 aromatic carbocycles. The number of carbonyl (C=O) groups excluding carboxylic acids is 1. The Hall–Kier alpha value is -2.40. The number of hydrogen-bond acceptors (Lipinski definition) is 4. The summed E-state index contributed by atoms with van der Waals surface area (Å²) >= 11 is 0. The molecule has 2 N–H and O–H groups in total. The standard InChI is InChI=1S/C15H17N3O2/c1-20-11-15(19)18-13-7-5-12(6-8-13)17-10-14-4-2-3-9-16-14/h2-9,17H,10-11H2,1H3,(H,18,19). The molecule has 1 heterocycles. The van der Waals surface area contributed by atoms with Gasteiger partial charge in [0.05, 0.1) is 12.2 Å². The molecule has 0 saturated heterocycles. The van der Waals surface area contributed by atoms with Crippen LogP contribution in [0.2, 0.25) is 0 Å². The second-order valence-electron chi connectivity index (χ2n) is 4.23. The fraction of sp³-hybridized carbons (Fsp3) is 0.200. The molecule has 104 valence electrons. The van der Waals surface area contributed by atoms with Crippen LogP contribution in [0.3, 0.4) is 0 Å². The maximum absolute atomic E-state index is 11.3. The minimum Gasteiger partial charge on any atom is -0.379 e. The van der Waals surface area contributed by atoms with Gasteiger partial charge in [0, 0.05) is 24.7 Å². The summed E-state index contributed by atoms with van der Waals surface area (Å²) in [6, 6.07) is 13.3. The van der Waals surface area contributed by atoms with E-state index in [1.165, 1.54) is 7.11 Å². The molecule has 0 bridgehead atoms. The molecule has 1 amide bonds. The summed E-state index contributed by atoms with van der Waals surface area (Å²) in [5.41, 5.74) is 2.70. The van der Waals surface area contributed by atoms with Crippen LogP contribution in [0, 0.1) is 0 Å². The Labute approximate surface area is 118 Å². The van der Waals surface area contributed by atoms with Crippen LogP contribution in [0.5, 0.6) is 0 Å². The average Bonchev–Trinajstić information content (AvgIpc) is 2.48. The Balaban J connectivity index is 1.87. The topological polar surface area (TPSA) is 63.2 Å². The number of amides is 1. The Morgan fingerprint density at radius 1 is 1.15 bits per heavy atom. The van der Waals surface area contributed by atoms with E-state index in [-0.39, 0.29) is 12.5 Å². The maximum Gasteiger partial charge on any atom is 0.250 e. The third-order valence-corrected chi connectivity index (χ3v) is 2.64. The minimum atomic E-state index is -0.165. The lowest BCUT2D eigenvalue weighted by Crippen LogP contribution is -2.16. The van der Waals surface area contributed by atoms with Gasteiger partial charge >= 0.3 is 0 Å². The van der Waals surface area contributed by atoms with E-state index >= 15 is 0 Å². The SMILES string of the molecule is COCC(=O)Nc1ccc(NCc2ccccn2)cc1. The van der Waals surface area contributed by atoms with Gasteiger partial charge < -0.3 is 15.4 Å². The normalized spacial score (nSPS) is 10.1. The first-order valence-corrected chi connectivity index (χ1v) is 6.30. The Morgan fingerprint density at radius 3 is 2.55 bits per heavy atom. The van der Waals surface area contributed by atoms with Gasteiger partial charge in [-0.25, -0.2) is 0 Å².